The van der Waals surface area contributed by atoms with Crippen molar-refractivity contribution in [2.24, 2.45) is 0 Å². The molecule has 1 amide bonds. The van der Waals surface area contributed by atoms with Gasteiger partial charge in [-0.25, -0.2) is 4.39 Å². The van der Waals surface area contributed by atoms with Crippen LogP contribution < -0.4 is 5.56 Å². The van der Waals surface area contributed by atoms with E-state index in [0.717, 1.165) is 25.7 Å². The summed E-state index contributed by atoms with van der Waals surface area (Å²) in [5, 5.41) is 0. The van der Waals surface area contributed by atoms with E-state index in [9.17, 15) is 14.0 Å². The standard InChI is InChI=1S/C22H25FN2O2/c1-3-20-18(7-9-21(26)24-20)22(27)25-16-5-6-17(25)12-15(11-16)14-4-8-19(23)13(2)10-14/h4,7-10,15-17H,3,5-6,11-12H2,1-2H3,(H,24,26)/t15?,16-,17+. The zero-order valence-corrected chi connectivity index (χ0v) is 15.8. The summed E-state index contributed by atoms with van der Waals surface area (Å²) in [6.07, 6.45) is 4.48. The van der Waals surface area contributed by atoms with Gasteiger partial charge in [0.1, 0.15) is 5.82 Å². The van der Waals surface area contributed by atoms with Crippen molar-refractivity contribution in [3.8, 4) is 0 Å². The van der Waals surface area contributed by atoms with Crippen LogP contribution in [-0.2, 0) is 6.42 Å². The van der Waals surface area contributed by atoms with Crippen LogP contribution in [0.25, 0.3) is 0 Å². The van der Waals surface area contributed by atoms with Gasteiger partial charge in [-0.3, -0.25) is 9.59 Å². The smallest absolute Gasteiger partial charge is 0.256 e. The highest BCUT2D eigenvalue weighted by molar-refractivity contribution is 5.96. The maximum atomic E-state index is 13.6. The number of aromatic nitrogens is 1. The van der Waals surface area contributed by atoms with E-state index in [1.807, 2.05) is 24.0 Å². The minimum absolute atomic E-state index is 0.0318. The lowest BCUT2D eigenvalue weighted by Gasteiger charge is -2.39. The molecule has 27 heavy (non-hydrogen) atoms. The Morgan fingerprint density at radius 3 is 2.52 bits per heavy atom. The first-order valence-electron chi connectivity index (χ1n) is 9.78. The molecular weight excluding hydrogens is 343 g/mol. The lowest BCUT2D eigenvalue weighted by Crippen LogP contribution is -2.46. The molecular formula is C22H25FN2O2. The summed E-state index contributed by atoms with van der Waals surface area (Å²) >= 11 is 0. The second-order valence-electron chi connectivity index (χ2n) is 7.84. The van der Waals surface area contributed by atoms with Crippen LogP contribution in [0.15, 0.2) is 35.1 Å². The number of rotatable bonds is 3. The third-order valence-electron chi connectivity index (χ3n) is 6.21. The SMILES string of the molecule is CCc1[nH]c(=O)ccc1C(=O)N1[C@@H]2CC[C@H]1CC(c1ccc(F)c(C)c1)C2. The molecule has 2 bridgehead atoms. The van der Waals surface area contributed by atoms with Crippen LogP contribution in [0.3, 0.4) is 0 Å². The molecule has 0 saturated carbocycles. The second kappa shape index (κ2) is 6.95. The van der Waals surface area contributed by atoms with E-state index in [2.05, 4.69) is 4.98 Å². The maximum Gasteiger partial charge on any atom is 0.256 e. The van der Waals surface area contributed by atoms with Crippen LogP contribution in [-0.4, -0.2) is 27.9 Å². The van der Waals surface area contributed by atoms with Crippen LogP contribution in [0, 0.1) is 12.7 Å². The van der Waals surface area contributed by atoms with E-state index >= 15 is 0 Å². The van der Waals surface area contributed by atoms with Crippen molar-refractivity contribution >= 4 is 5.91 Å². The highest BCUT2D eigenvalue weighted by Crippen LogP contribution is 2.44. The summed E-state index contributed by atoms with van der Waals surface area (Å²) < 4.78 is 13.6. The zero-order valence-electron chi connectivity index (χ0n) is 15.8. The molecule has 4 nitrogen and oxygen atoms in total. The molecule has 5 heteroatoms. The number of nitrogens with zero attached hydrogens (tertiary/aromatic N) is 1. The highest BCUT2D eigenvalue weighted by atomic mass is 19.1. The van der Waals surface area contributed by atoms with Gasteiger partial charge in [0, 0.05) is 23.8 Å². The number of H-pyrrole nitrogens is 1. The Hall–Kier alpha value is -2.43. The highest BCUT2D eigenvalue weighted by Gasteiger charge is 2.44. The molecule has 2 aromatic rings. The maximum absolute atomic E-state index is 13.6. The van der Waals surface area contributed by atoms with E-state index < -0.39 is 0 Å². The number of fused-ring (bicyclic) bond motifs is 2. The van der Waals surface area contributed by atoms with Crippen molar-refractivity contribution in [1.82, 2.24) is 9.88 Å². The quantitative estimate of drug-likeness (QED) is 0.892. The van der Waals surface area contributed by atoms with Crippen LogP contribution in [0.4, 0.5) is 4.39 Å². The molecule has 142 valence electrons. The average molecular weight is 368 g/mol. The van der Waals surface area contributed by atoms with Crippen LogP contribution in [0.2, 0.25) is 0 Å². The molecule has 4 rings (SSSR count). The average Bonchev–Trinajstić information content (AvgIpc) is 2.92. The van der Waals surface area contributed by atoms with Gasteiger partial charge in [0.2, 0.25) is 5.56 Å². The Kier molecular flexibility index (Phi) is 4.62. The van der Waals surface area contributed by atoms with E-state index in [1.54, 1.807) is 19.1 Å². The topological polar surface area (TPSA) is 53.2 Å². The molecule has 0 aliphatic carbocycles. The first-order valence-corrected chi connectivity index (χ1v) is 9.78. The molecule has 1 unspecified atom stereocenters. The third kappa shape index (κ3) is 3.20. The van der Waals surface area contributed by atoms with E-state index in [0.29, 0.717) is 29.2 Å². The van der Waals surface area contributed by atoms with Crippen molar-refractivity contribution in [2.75, 3.05) is 0 Å². The van der Waals surface area contributed by atoms with Crippen LogP contribution >= 0.6 is 0 Å². The molecule has 2 aliphatic heterocycles. The number of piperidine rings is 1. The van der Waals surface area contributed by atoms with Crippen molar-refractivity contribution in [2.45, 2.75) is 64.0 Å². The van der Waals surface area contributed by atoms with Gasteiger partial charge in [-0.1, -0.05) is 19.1 Å². The Bertz CT molecular complexity index is 922. The number of benzene rings is 1. The van der Waals surface area contributed by atoms with Gasteiger partial charge < -0.3 is 9.88 Å². The minimum Gasteiger partial charge on any atom is -0.333 e. The zero-order chi connectivity index (χ0) is 19.1. The minimum atomic E-state index is -0.170. The fourth-order valence-corrected chi connectivity index (χ4v) is 4.84. The van der Waals surface area contributed by atoms with Crippen molar-refractivity contribution in [3.63, 3.8) is 0 Å². The number of aromatic amines is 1. The van der Waals surface area contributed by atoms with Gasteiger partial charge in [0.05, 0.1) is 5.56 Å². The number of hydrogen-bond donors (Lipinski definition) is 1. The fourth-order valence-electron chi connectivity index (χ4n) is 4.84. The Morgan fingerprint density at radius 2 is 1.89 bits per heavy atom. The summed E-state index contributed by atoms with van der Waals surface area (Å²) in [4.78, 5) is 29.7. The molecule has 3 heterocycles. The fraction of sp³-hybridized carbons (Fsp3) is 0.455. The molecule has 1 aromatic carbocycles. The summed E-state index contributed by atoms with van der Waals surface area (Å²) in [6, 6.07) is 8.91. The van der Waals surface area contributed by atoms with Gasteiger partial charge in [-0.2, -0.15) is 0 Å². The van der Waals surface area contributed by atoms with Gasteiger partial charge >= 0.3 is 0 Å². The monoisotopic (exact) mass is 368 g/mol. The molecule has 1 aromatic heterocycles. The number of carbonyl (C=O) groups is 1. The Labute approximate surface area is 158 Å². The Morgan fingerprint density at radius 1 is 1.19 bits per heavy atom. The van der Waals surface area contributed by atoms with Crippen molar-refractivity contribution < 1.29 is 9.18 Å². The molecule has 1 N–H and O–H groups in total. The molecule has 2 fully saturated rings. The summed E-state index contributed by atoms with van der Waals surface area (Å²) in [6.45, 7) is 3.74. The summed E-state index contributed by atoms with van der Waals surface area (Å²) in [5.74, 6) is 0.232. The Balaban J connectivity index is 1.58. The van der Waals surface area contributed by atoms with Crippen molar-refractivity contribution in [3.05, 3.63) is 68.9 Å². The number of nitrogens with one attached hydrogen (secondary N) is 1. The van der Waals surface area contributed by atoms with Gasteiger partial charge in [-0.05, 0) is 68.2 Å². The van der Waals surface area contributed by atoms with Crippen molar-refractivity contribution in [1.29, 1.82) is 0 Å². The number of carbonyl (C=O) groups excluding carboxylic acids is 1. The normalized spacial score (nSPS) is 24.3. The molecule has 3 atom stereocenters. The van der Waals surface area contributed by atoms with Gasteiger partial charge in [0.25, 0.3) is 5.91 Å². The summed E-state index contributed by atoms with van der Waals surface area (Å²) in [5.41, 5.74) is 3.01. The van der Waals surface area contributed by atoms with E-state index in [4.69, 9.17) is 0 Å². The predicted octanol–water partition coefficient (Wildman–Crippen LogP) is 3.94. The van der Waals surface area contributed by atoms with Gasteiger partial charge in [-0.15, -0.1) is 0 Å². The summed E-state index contributed by atoms with van der Waals surface area (Å²) in [7, 11) is 0. The molecule has 2 aliphatic rings. The molecule has 2 saturated heterocycles. The third-order valence-corrected chi connectivity index (χ3v) is 6.21. The number of pyridine rings is 1. The number of aryl methyl sites for hydroxylation is 2. The van der Waals surface area contributed by atoms with E-state index in [1.165, 1.54) is 11.6 Å². The van der Waals surface area contributed by atoms with Crippen LogP contribution in [0.5, 0.6) is 0 Å². The second-order valence-corrected chi connectivity index (χ2v) is 7.84. The van der Waals surface area contributed by atoms with E-state index in [-0.39, 0.29) is 29.4 Å². The van der Waals surface area contributed by atoms with Crippen LogP contribution in [0.1, 0.15) is 65.7 Å². The predicted molar refractivity (Wildman–Crippen MR) is 103 cm³/mol. The molecule has 0 radical (unpaired) electrons. The number of amides is 1. The molecule has 0 spiro atoms. The number of halogens is 1. The largest absolute Gasteiger partial charge is 0.333 e. The lowest BCUT2D eigenvalue weighted by molar-refractivity contribution is 0.0570. The first-order chi connectivity index (χ1) is 13.0. The van der Waals surface area contributed by atoms with Gasteiger partial charge in [0.15, 0.2) is 0 Å². The number of hydrogen-bond acceptors (Lipinski definition) is 2. The lowest BCUT2D eigenvalue weighted by atomic mass is 9.84. The first kappa shape index (κ1) is 18.0.